The number of nitrogens with zero attached hydrogens (tertiary/aromatic N) is 1. The summed E-state index contributed by atoms with van der Waals surface area (Å²) in [6, 6.07) is 15.9. The second kappa shape index (κ2) is 6.48. The van der Waals surface area contributed by atoms with Crippen LogP contribution >= 0.6 is 15.9 Å². The molecule has 0 saturated carbocycles. The Morgan fingerprint density at radius 3 is 2.05 bits per heavy atom. The van der Waals surface area contributed by atoms with Crippen LogP contribution in [0.3, 0.4) is 0 Å². The van der Waals surface area contributed by atoms with Gasteiger partial charge in [-0.2, -0.15) is 0 Å². The van der Waals surface area contributed by atoms with Crippen molar-refractivity contribution < 1.29 is 5.21 Å². The second-order valence-corrected chi connectivity index (χ2v) is 5.49. The summed E-state index contributed by atoms with van der Waals surface area (Å²) in [6.45, 7) is 1.70. The number of oxime groups is 1. The van der Waals surface area contributed by atoms with E-state index >= 15 is 0 Å². The van der Waals surface area contributed by atoms with Gasteiger partial charge in [0, 0.05) is 16.6 Å². The predicted molar refractivity (Wildman–Crippen MR) is 85.9 cm³/mol. The van der Waals surface area contributed by atoms with E-state index in [0.29, 0.717) is 17.8 Å². The molecule has 2 N–H and O–H groups in total. The van der Waals surface area contributed by atoms with E-state index < -0.39 is 0 Å². The number of rotatable bonds is 4. The quantitative estimate of drug-likeness (QED) is 0.475. The first kappa shape index (κ1) is 14.5. The summed E-state index contributed by atoms with van der Waals surface area (Å²) in [6.07, 6.45) is 0.355. The van der Waals surface area contributed by atoms with E-state index in [1.54, 1.807) is 6.92 Å². The first-order valence-electron chi connectivity index (χ1n) is 6.21. The van der Waals surface area contributed by atoms with Gasteiger partial charge >= 0.3 is 0 Å². The molecule has 0 bridgehead atoms. The molecule has 0 fully saturated rings. The summed E-state index contributed by atoms with van der Waals surface area (Å²) in [5, 5.41) is 19.7. The minimum atomic E-state index is 0.355. The summed E-state index contributed by atoms with van der Waals surface area (Å²) in [5.74, 6) is 0. The lowest BCUT2D eigenvalue weighted by molar-refractivity contribution is 0.318. The normalized spacial score (nSPS) is 11.4. The Morgan fingerprint density at radius 2 is 1.55 bits per heavy atom. The Kier molecular flexibility index (Phi) is 4.69. The van der Waals surface area contributed by atoms with Crippen molar-refractivity contribution in [2.24, 2.45) is 5.16 Å². The summed E-state index contributed by atoms with van der Waals surface area (Å²) in [7, 11) is 0. The van der Waals surface area contributed by atoms with Crippen LogP contribution in [0.5, 0.6) is 0 Å². The van der Waals surface area contributed by atoms with Crippen molar-refractivity contribution >= 4 is 27.4 Å². The number of hydrogen-bond donors (Lipinski definition) is 2. The highest BCUT2D eigenvalue weighted by atomic mass is 79.9. The molecular weight excluding hydrogens is 316 g/mol. The van der Waals surface area contributed by atoms with E-state index in [0.717, 1.165) is 21.2 Å². The number of nitrogens with one attached hydrogen (secondary N) is 1. The molecule has 0 heterocycles. The third kappa shape index (κ3) is 3.54. The minimum absolute atomic E-state index is 0.355. The van der Waals surface area contributed by atoms with Crippen LogP contribution in [0.1, 0.15) is 18.9 Å². The first-order valence-corrected chi connectivity index (χ1v) is 7.01. The maximum absolute atomic E-state index is 8.63. The molecule has 0 radical (unpaired) electrons. The maximum Gasteiger partial charge on any atom is 0.0599 e. The van der Waals surface area contributed by atoms with Gasteiger partial charge in [-0.15, -0.1) is 0 Å². The largest absolute Gasteiger partial charge is 0.411 e. The van der Waals surface area contributed by atoms with Gasteiger partial charge in [-0.1, -0.05) is 57.5 Å². The van der Waals surface area contributed by atoms with Gasteiger partial charge in [0.2, 0.25) is 0 Å². The van der Waals surface area contributed by atoms with E-state index in [-0.39, 0.29) is 0 Å². The van der Waals surface area contributed by atoms with E-state index in [2.05, 4.69) is 21.1 Å². The molecule has 20 heavy (non-hydrogen) atoms. The minimum Gasteiger partial charge on any atom is -0.411 e. The van der Waals surface area contributed by atoms with Crippen LogP contribution in [0.15, 0.2) is 58.2 Å². The zero-order valence-corrected chi connectivity index (χ0v) is 12.7. The lowest BCUT2D eigenvalue weighted by Gasteiger charge is -2.06. The molecule has 2 aromatic rings. The summed E-state index contributed by atoms with van der Waals surface area (Å²) in [5.41, 5.74) is 4.07. The average molecular weight is 331 g/mol. The summed E-state index contributed by atoms with van der Waals surface area (Å²) < 4.78 is 1.05. The number of halogens is 1. The van der Waals surface area contributed by atoms with E-state index in [9.17, 15) is 0 Å². The average Bonchev–Trinajstić information content (AvgIpc) is 2.48. The van der Waals surface area contributed by atoms with Gasteiger partial charge in [0.05, 0.1) is 5.71 Å². The van der Waals surface area contributed by atoms with Crippen LogP contribution in [0.4, 0.5) is 0 Å². The molecule has 2 aromatic carbocycles. The third-order valence-corrected chi connectivity index (χ3v) is 3.54. The fraction of sp³-hybridized carbons (Fsp3) is 0.125. The maximum atomic E-state index is 8.63. The number of benzene rings is 2. The zero-order chi connectivity index (χ0) is 14.5. The summed E-state index contributed by atoms with van der Waals surface area (Å²) in [4.78, 5) is 0. The highest BCUT2D eigenvalue weighted by Crippen LogP contribution is 2.22. The fourth-order valence-electron chi connectivity index (χ4n) is 1.90. The molecule has 0 unspecified atom stereocenters. The molecule has 0 aliphatic rings. The van der Waals surface area contributed by atoms with Crippen molar-refractivity contribution in [2.75, 3.05) is 0 Å². The lowest BCUT2D eigenvalue weighted by Crippen LogP contribution is -2.05. The zero-order valence-electron chi connectivity index (χ0n) is 11.1. The first-order chi connectivity index (χ1) is 9.60. The molecule has 0 atom stereocenters. The highest BCUT2D eigenvalue weighted by molar-refractivity contribution is 9.10. The van der Waals surface area contributed by atoms with E-state index in [1.165, 1.54) is 0 Å². The van der Waals surface area contributed by atoms with Crippen LogP contribution < -0.4 is 0 Å². The highest BCUT2D eigenvalue weighted by Gasteiger charge is 2.04. The van der Waals surface area contributed by atoms with Crippen LogP contribution in [-0.4, -0.2) is 16.6 Å². The predicted octanol–water partition coefficient (Wildman–Crippen LogP) is 4.72. The Morgan fingerprint density at radius 1 is 1.05 bits per heavy atom. The fourth-order valence-corrected chi connectivity index (χ4v) is 2.16. The smallest absolute Gasteiger partial charge is 0.0599 e. The summed E-state index contributed by atoms with van der Waals surface area (Å²) >= 11 is 3.42. The molecule has 4 heteroatoms. The Labute approximate surface area is 126 Å². The van der Waals surface area contributed by atoms with Crippen molar-refractivity contribution in [1.29, 1.82) is 5.41 Å². The van der Waals surface area contributed by atoms with Crippen LogP contribution in [0.2, 0.25) is 0 Å². The molecular formula is C16H15BrN2O. The molecule has 102 valence electrons. The third-order valence-electron chi connectivity index (χ3n) is 3.01. The van der Waals surface area contributed by atoms with Crippen LogP contribution in [0.25, 0.3) is 11.1 Å². The van der Waals surface area contributed by atoms with Crippen molar-refractivity contribution in [2.45, 2.75) is 13.3 Å². The second-order valence-electron chi connectivity index (χ2n) is 4.57. The van der Waals surface area contributed by atoms with Crippen molar-refractivity contribution in [1.82, 2.24) is 0 Å². The van der Waals surface area contributed by atoms with Crippen molar-refractivity contribution in [3.05, 3.63) is 58.6 Å². The van der Waals surface area contributed by atoms with Crippen LogP contribution in [0, 0.1) is 5.41 Å². The number of hydrogen-bond acceptors (Lipinski definition) is 3. The van der Waals surface area contributed by atoms with Gasteiger partial charge in [0.15, 0.2) is 0 Å². The SMILES string of the molecule is C/C(CC(=N)c1ccc(-c2ccc(Br)cc2)cc1)=N\O. The van der Waals surface area contributed by atoms with Crippen LogP contribution in [-0.2, 0) is 0 Å². The molecule has 0 amide bonds. The van der Waals surface area contributed by atoms with Crippen molar-refractivity contribution in [3.63, 3.8) is 0 Å². The van der Waals surface area contributed by atoms with Gasteiger partial charge in [0.1, 0.15) is 0 Å². The monoisotopic (exact) mass is 330 g/mol. The standard InChI is InChI=1S/C16H15BrN2O/c1-11(19-20)10-16(18)14-4-2-12(3-5-14)13-6-8-15(17)9-7-13/h2-9,18,20H,10H2,1H3/b18-16?,19-11+. The Balaban J connectivity index is 2.18. The molecule has 0 aliphatic heterocycles. The molecule has 0 aliphatic carbocycles. The molecule has 0 aromatic heterocycles. The topological polar surface area (TPSA) is 56.4 Å². The Bertz CT molecular complexity index is 631. The van der Waals surface area contributed by atoms with Gasteiger partial charge in [0.25, 0.3) is 0 Å². The van der Waals surface area contributed by atoms with E-state index in [4.69, 9.17) is 10.6 Å². The van der Waals surface area contributed by atoms with Gasteiger partial charge in [-0.05, 0) is 35.7 Å². The Hall–Kier alpha value is -1.94. The van der Waals surface area contributed by atoms with E-state index in [1.807, 2.05) is 48.5 Å². The van der Waals surface area contributed by atoms with Gasteiger partial charge in [-0.3, -0.25) is 0 Å². The molecule has 0 saturated heterocycles. The van der Waals surface area contributed by atoms with Gasteiger partial charge < -0.3 is 10.6 Å². The molecule has 0 spiro atoms. The molecule has 3 nitrogen and oxygen atoms in total. The lowest BCUT2D eigenvalue weighted by atomic mass is 10.0. The van der Waals surface area contributed by atoms with Crippen molar-refractivity contribution in [3.8, 4) is 11.1 Å². The molecule has 2 rings (SSSR count). The van der Waals surface area contributed by atoms with Gasteiger partial charge in [-0.25, -0.2) is 0 Å².